The summed E-state index contributed by atoms with van der Waals surface area (Å²) in [4.78, 5) is 27.8. The highest BCUT2D eigenvalue weighted by atomic mass is 32.2. The van der Waals surface area contributed by atoms with Crippen molar-refractivity contribution in [1.29, 1.82) is 0 Å². The minimum atomic E-state index is -3.56. The Morgan fingerprint density at radius 3 is 2.41 bits per heavy atom. The maximum Gasteiger partial charge on any atom is 0.248 e. The lowest BCUT2D eigenvalue weighted by atomic mass is 10.1. The van der Waals surface area contributed by atoms with Crippen molar-refractivity contribution in [3.63, 3.8) is 0 Å². The van der Waals surface area contributed by atoms with E-state index in [1.165, 1.54) is 35.7 Å². The van der Waals surface area contributed by atoms with Crippen LogP contribution in [0, 0.1) is 5.82 Å². The first-order valence-electron chi connectivity index (χ1n) is 11.2. The average molecular weight is 501 g/mol. The van der Waals surface area contributed by atoms with E-state index in [1.54, 1.807) is 25.8 Å². The van der Waals surface area contributed by atoms with E-state index in [4.69, 9.17) is 9.47 Å². The first-order valence-corrected chi connectivity index (χ1v) is 13.0. The lowest BCUT2D eigenvalue weighted by Crippen LogP contribution is -2.59. The van der Waals surface area contributed by atoms with Crippen molar-refractivity contribution in [2.24, 2.45) is 0 Å². The molecule has 10 nitrogen and oxygen atoms in total. The number of halogens is 1. The summed E-state index contributed by atoms with van der Waals surface area (Å²) in [7, 11) is -0.468. The first kappa shape index (κ1) is 26.3. The van der Waals surface area contributed by atoms with Gasteiger partial charge in [-0.15, -0.1) is 0 Å². The monoisotopic (exact) mass is 500 g/mol. The summed E-state index contributed by atoms with van der Waals surface area (Å²) in [6.45, 7) is 3.72. The number of fused-ring (bicyclic) bond motifs is 1. The summed E-state index contributed by atoms with van der Waals surface area (Å²) in [6, 6.07) is 2.91. The molecule has 0 bridgehead atoms. The SMILES string of the molecule is CNC(C)C(=O)NC(C(=O)N1CCC2C1C(Oc1ccc(F)cc1)CN2S(C)(=O)=O)C(C)OC. The third-order valence-corrected chi connectivity index (χ3v) is 7.84. The van der Waals surface area contributed by atoms with Gasteiger partial charge in [0.15, 0.2) is 0 Å². The van der Waals surface area contributed by atoms with Gasteiger partial charge in [-0.05, 0) is 51.6 Å². The van der Waals surface area contributed by atoms with E-state index in [1.807, 2.05) is 0 Å². The van der Waals surface area contributed by atoms with Gasteiger partial charge in [0.05, 0.1) is 37.0 Å². The van der Waals surface area contributed by atoms with Gasteiger partial charge in [0.1, 0.15) is 23.7 Å². The van der Waals surface area contributed by atoms with Crippen LogP contribution in [0.25, 0.3) is 0 Å². The second kappa shape index (κ2) is 10.5. The molecule has 2 N–H and O–H groups in total. The van der Waals surface area contributed by atoms with Gasteiger partial charge < -0.3 is 25.0 Å². The van der Waals surface area contributed by atoms with Crippen molar-refractivity contribution in [2.45, 2.75) is 56.6 Å². The molecule has 2 saturated heterocycles. The van der Waals surface area contributed by atoms with Gasteiger partial charge in [-0.25, -0.2) is 12.8 Å². The fourth-order valence-electron chi connectivity index (χ4n) is 4.52. The Morgan fingerprint density at radius 2 is 1.85 bits per heavy atom. The molecule has 12 heteroatoms. The van der Waals surface area contributed by atoms with Crippen LogP contribution in [0.1, 0.15) is 20.3 Å². The van der Waals surface area contributed by atoms with Crippen LogP contribution in [0.2, 0.25) is 0 Å². The molecule has 0 saturated carbocycles. The quantitative estimate of drug-likeness (QED) is 0.488. The molecule has 2 fully saturated rings. The number of rotatable bonds is 9. The number of benzene rings is 1. The number of carbonyl (C=O) groups excluding carboxylic acids is 2. The zero-order valence-electron chi connectivity index (χ0n) is 20.0. The molecule has 3 rings (SSSR count). The maximum atomic E-state index is 13.7. The third-order valence-electron chi connectivity index (χ3n) is 6.57. The smallest absolute Gasteiger partial charge is 0.248 e. The summed E-state index contributed by atoms with van der Waals surface area (Å²) in [5.74, 6) is -0.780. The fourth-order valence-corrected chi connectivity index (χ4v) is 5.66. The predicted octanol–water partition coefficient (Wildman–Crippen LogP) is -0.0546. The van der Waals surface area contributed by atoms with Crippen molar-refractivity contribution < 1.29 is 31.9 Å². The molecule has 0 radical (unpaired) electrons. The minimum Gasteiger partial charge on any atom is -0.487 e. The molecule has 1 aromatic carbocycles. The Bertz CT molecular complexity index is 992. The molecule has 6 atom stereocenters. The molecule has 0 aromatic heterocycles. The Balaban J connectivity index is 1.89. The van der Waals surface area contributed by atoms with Crippen LogP contribution >= 0.6 is 0 Å². The lowest BCUT2D eigenvalue weighted by Gasteiger charge is -2.34. The van der Waals surface area contributed by atoms with Crippen LogP contribution in [0.15, 0.2) is 24.3 Å². The van der Waals surface area contributed by atoms with Crippen molar-refractivity contribution >= 4 is 21.8 Å². The normalized spacial score (nSPS) is 25.5. The van der Waals surface area contributed by atoms with Crippen molar-refractivity contribution in [1.82, 2.24) is 19.8 Å². The molecule has 0 spiro atoms. The molecule has 1 aromatic rings. The lowest BCUT2D eigenvalue weighted by molar-refractivity contribution is -0.142. The number of ether oxygens (including phenoxy) is 2. The van der Waals surface area contributed by atoms with Gasteiger partial charge in [-0.1, -0.05) is 0 Å². The molecule has 0 aliphatic carbocycles. The topological polar surface area (TPSA) is 117 Å². The number of nitrogens with one attached hydrogen (secondary N) is 2. The third kappa shape index (κ3) is 5.51. The van der Waals surface area contributed by atoms with Gasteiger partial charge in [-0.2, -0.15) is 4.31 Å². The zero-order valence-corrected chi connectivity index (χ0v) is 20.8. The summed E-state index contributed by atoms with van der Waals surface area (Å²) in [5.41, 5.74) is 0. The highest BCUT2D eigenvalue weighted by Crippen LogP contribution is 2.36. The van der Waals surface area contributed by atoms with Crippen molar-refractivity contribution in [3.05, 3.63) is 30.1 Å². The molecule has 2 amide bonds. The van der Waals surface area contributed by atoms with Gasteiger partial charge >= 0.3 is 0 Å². The van der Waals surface area contributed by atoms with Crippen molar-refractivity contribution in [3.8, 4) is 5.75 Å². The molecular weight excluding hydrogens is 467 g/mol. The number of hydrogen-bond donors (Lipinski definition) is 2. The van der Waals surface area contributed by atoms with Crippen LogP contribution < -0.4 is 15.4 Å². The van der Waals surface area contributed by atoms with E-state index in [9.17, 15) is 22.4 Å². The second-order valence-corrected chi connectivity index (χ2v) is 10.7. The molecule has 2 heterocycles. The molecule has 6 unspecified atom stereocenters. The number of nitrogens with zero attached hydrogens (tertiary/aromatic N) is 2. The molecule has 34 heavy (non-hydrogen) atoms. The largest absolute Gasteiger partial charge is 0.487 e. The summed E-state index contributed by atoms with van der Waals surface area (Å²) in [5, 5.41) is 5.59. The number of sulfonamides is 1. The molecular formula is C22H33FN4O6S. The number of amides is 2. The number of likely N-dealkylation sites (N-methyl/N-ethyl adjacent to an activating group) is 1. The fraction of sp³-hybridized carbons (Fsp3) is 0.636. The van der Waals surface area contributed by atoms with E-state index in [0.717, 1.165) is 6.26 Å². The van der Waals surface area contributed by atoms with Crippen LogP contribution in [0.3, 0.4) is 0 Å². The van der Waals surface area contributed by atoms with Crippen LogP contribution in [0.4, 0.5) is 4.39 Å². The number of methoxy groups -OCH3 is 1. The zero-order chi connectivity index (χ0) is 25.2. The standard InChI is InChI=1S/C22H33FN4O6S/c1-13(24-3)21(28)25-19(14(2)32-4)22(29)26-11-10-17-20(26)18(12-27(17)34(5,30)31)33-16-8-6-15(23)7-9-16/h6-9,13-14,17-20,24H,10-12H2,1-5H3,(H,25,28). The summed E-state index contributed by atoms with van der Waals surface area (Å²) < 4.78 is 51.1. The highest BCUT2D eigenvalue weighted by molar-refractivity contribution is 7.88. The summed E-state index contributed by atoms with van der Waals surface area (Å²) >= 11 is 0. The van der Waals surface area contributed by atoms with Gasteiger partial charge in [0, 0.05) is 13.7 Å². The van der Waals surface area contributed by atoms with Gasteiger partial charge in [0.2, 0.25) is 21.8 Å². The Morgan fingerprint density at radius 1 is 1.21 bits per heavy atom. The Hall–Kier alpha value is -2.28. The molecule has 2 aliphatic rings. The van der Waals surface area contributed by atoms with Crippen LogP contribution in [-0.2, 0) is 24.3 Å². The van der Waals surface area contributed by atoms with Crippen molar-refractivity contribution in [2.75, 3.05) is 33.5 Å². The number of hydrogen-bond acceptors (Lipinski definition) is 7. The van der Waals surface area contributed by atoms with E-state index in [2.05, 4.69) is 10.6 Å². The second-order valence-electron chi connectivity index (χ2n) is 8.76. The summed E-state index contributed by atoms with van der Waals surface area (Å²) in [6.07, 6.45) is 0.275. The van der Waals surface area contributed by atoms with Gasteiger partial charge in [0.25, 0.3) is 0 Å². The van der Waals surface area contributed by atoms with E-state index in [-0.39, 0.29) is 18.4 Å². The average Bonchev–Trinajstić information content (AvgIpc) is 3.38. The Labute approximate surface area is 199 Å². The maximum absolute atomic E-state index is 13.7. The highest BCUT2D eigenvalue weighted by Gasteiger charge is 2.55. The molecule has 190 valence electrons. The van der Waals surface area contributed by atoms with E-state index < -0.39 is 52.2 Å². The minimum absolute atomic E-state index is 0.0585. The van der Waals surface area contributed by atoms with E-state index >= 15 is 0 Å². The predicted molar refractivity (Wildman–Crippen MR) is 123 cm³/mol. The first-order chi connectivity index (χ1) is 16.0. The van der Waals surface area contributed by atoms with Crippen LogP contribution in [-0.4, -0.2) is 99.3 Å². The molecule has 2 aliphatic heterocycles. The number of likely N-dealkylation sites (tertiary alicyclic amines) is 1. The van der Waals surface area contributed by atoms with E-state index in [0.29, 0.717) is 18.7 Å². The van der Waals surface area contributed by atoms with Gasteiger partial charge in [-0.3, -0.25) is 9.59 Å². The Kier molecular flexibility index (Phi) is 8.17. The number of carbonyl (C=O) groups is 2. The van der Waals surface area contributed by atoms with Crippen LogP contribution in [0.5, 0.6) is 5.75 Å².